The molecular formula is C17H26N2O5S. The summed E-state index contributed by atoms with van der Waals surface area (Å²) in [6, 6.07) is 4.50. The zero-order valence-corrected chi connectivity index (χ0v) is 15.9. The Balaban J connectivity index is 2.25. The Hall–Kier alpha value is -1.64. The molecule has 0 atom stereocenters. The van der Waals surface area contributed by atoms with Crippen LogP contribution in [0.2, 0.25) is 0 Å². The molecule has 0 spiro atoms. The predicted octanol–water partition coefficient (Wildman–Crippen LogP) is 2.19. The summed E-state index contributed by atoms with van der Waals surface area (Å²) in [6.07, 6.45) is 4.07. The molecule has 1 fully saturated rings. The molecule has 1 aliphatic carbocycles. The number of ether oxygens (including phenoxy) is 1. The second-order valence-electron chi connectivity index (χ2n) is 6.39. The number of methoxy groups -OCH3 is 1. The molecule has 0 radical (unpaired) electrons. The zero-order chi connectivity index (χ0) is 18.6. The van der Waals surface area contributed by atoms with Gasteiger partial charge in [-0.3, -0.25) is 9.63 Å². The molecule has 0 unspecified atom stereocenters. The highest BCUT2D eigenvalue weighted by Crippen LogP contribution is 2.28. The Morgan fingerprint density at radius 2 is 1.84 bits per heavy atom. The van der Waals surface area contributed by atoms with Gasteiger partial charge in [-0.2, -0.15) is 0 Å². The van der Waals surface area contributed by atoms with Gasteiger partial charge in [-0.15, -0.1) is 0 Å². The molecule has 0 saturated heterocycles. The molecule has 8 heteroatoms. The van der Waals surface area contributed by atoms with Crippen molar-refractivity contribution in [2.24, 2.45) is 5.92 Å². The maximum atomic E-state index is 12.5. The van der Waals surface area contributed by atoms with Gasteiger partial charge in [0.1, 0.15) is 10.6 Å². The standard InChI is InChI=1S/C17H26N2O5S/c1-12-5-8-14(9-6-12)18-17(20)13-7-10-15(23-3)16(11-13)25(21,22)19(2)24-4/h7,10-12,14H,5-6,8-9H2,1-4H3,(H,18,20). The number of hydrogen-bond acceptors (Lipinski definition) is 5. The van der Waals surface area contributed by atoms with Crippen LogP contribution in [0.15, 0.2) is 23.1 Å². The van der Waals surface area contributed by atoms with Crippen LogP contribution in [0.3, 0.4) is 0 Å². The molecule has 1 N–H and O–H groups in total. The third-order valence-electron chi connectivity index (χ3n) is 4.65. The Kier molecular flexibility index (Phi) is 6.42. The number of amides is 1. The van der Waals surface area contributed by atoms with Crippen LogP contribution in [0.4, 0.5) is 0 Å². The molecule has 0 aliphatic heterocycles. The minimum atomic E-state index is -3.92. The molecule has 1 aliphatic rings. The van der Waals surface area contributed by atoms with Crippen molar-refractivity contribution in [1.82, 2.24) is 9.79 Å². The lowest BCUT2D eigenvalue weighted by atomic mass is 9.87. The van der Waals surface area contributed by atoms with E-state index in [1.54, 1.807) is 6.07 Å². The van der Waals surface area contributed by atoms with E-state index in [9.17, 15) is 13.2 Å². The molecule has 0 heterocycles. The maximum Gasteiger partial charge on any atom is 0.268 e. The fourth-order valence-corrected chi connectivity index (χ4v) is 4.08. The summed E-state index contributed by atoms with van der Waals surface area (Å²) in [5, 5.41) is 3.00. The Morgan fingerprint density at radius 3 is 2.40 bits per heavy atom. The van der Waals surface area contributed by atoms with Crippen LogP contribution in [0.1, 0.15) is 43.0 Å². The maximum absolute atomic E-state index is 12.5. The van der Waals surface area contributed by atoms with Gasteiger partial charge in [-0.1, -0.05) is 11.4 Å². The number of hydroxylamine groups is 1. The largest absolute Gasteiger partial charge is 0.495 e. The van der Waals surface area contributed by atoms with Crippen LogP contribution in [-0.4, -0.2) is 46.1 Å². The first-order valence-electron chi connectivity index (χ1n) is 8.31. The molecule has 1 aromatic rings. The molecule has 7 nitrogen and oxygen atoms in total. The van der Waals surface area contributed by atoms with E-state index in [1.807, 2.05) is 0 Å². The number of sulfonamides is 1. The highest BCUT2D eigenvalue weighted by molar-refractivity contribution is 7.89. The van der Waals surface area contributed by atoms with E-state index in [0.717, 1.165) is 30.2 Å². The fourth-order valence-electron chi connectivity index (χ4n) is 2.93. The van der Waals surface area contributed by atoms with E-state index >= 15 is 0 Å². The second kappa shape index (κ2) is 8.16. The molecule has 0 bridgehead atoms. The smallest absolute Gasteiger partial charge is 0.268 e. The second-order valence-corrected chi connectivity index (χ2v) is 8.30. The molecule has 25 heavy (non-hydrogen) atoms. The van der Waals surface area contributed by atoms with E-state index < -0.39 is 10.0 Å². The average molecular weight is 370 g/mol. The molecule has 1 saturated carbocycles. The third kappa shape index (κ3) is 4.50. The third-order valence-corrected chi connectivity index (χ3v) is 6.35. The Morgan fingerprint density at radius 1 is 1.20 bits per heavy atom. The van der Waals surface area contributed by atoms with E-state index in [0.29, 0.717) is 5.92 Å². The number of benzene rings is 1. The van der Waals surface area contributed by atoms with Crippen molar-refractivity contribution < 1.29 is 22.8 Å². The van der Waals surface area contributed by atoms with Crippen molar-refractivity contribution in [1.29, 1.82) is 0 Å². The quantitative estimate of drug-likeness (QED) is 0.776. The molecule has 1 amide bonds. The van der Waals surface area contributed by atoms with Gasteiger partial charge in [0, 0.05) is 18.7 Å². The summed E-state index contributed by atoms with van der Waals surface area (Å²) in [5.74, 6) is 0.570. The number of nitrogens with one attached hydrogen (secondary N) is 1. The van der Waals surface area contributed by atoms with Gasteiger partial charge >= 0.3 is 0 Å². The summed E-state index contributed by atoms with van der Waals surface area (Å²) in [7, 11) is -0.00595. The van der Waals surface area contributed by atoms with Crippen molar-refractivity contribution in [2.75, 3.05) is 21.3 Å². The minimum Gasteiger partial charge on any atom is -0.495 e. The summed E-state index contributed by atoms with van der Waals surface area (Å²) in [6.45, 7) is 2.21. The SMILES string of the molecule is COc1ccc(C(=O)NC2CCC(C)CC2)cc1S(=O)(=O)N(C)OC. The molecular weight excluding hydrogens is 344 g/mol. The minimum absolute atomic E-state index is 0.107. The lowest BCUT2D eigenvalue weighted by Crippen LogP contribution is -2.37. The van der Waals surface area contributed by atoms with Gasteiger partial charge in [0.05, 0.1) is 14.2 Å². The van der Waals surface area contributed by atoms with Gasteiger partial charge in [0.25, 0.3) is 15.9 Å². The van der Waals surface area contributed by atoms with Crippen LogP contribution in [-0.2, 0) is 14.9 Å². The van der Waals surface area contributed by atoms with Gasteiger partial charge in [-0.25, -0.2) is 8.42 Å². The summed E-state index contributed by atoms with van der Waals surface area (Å²) < 4.78 is 30.9. The molecule has 140 valence electrons. The normalized spacial score (nSPS) is 21.2. The van der Waals surface area contributed by atoms with Crippen molar-refractivity contribution >= 4 is 15.9 Å². The Bertz CT molecular complexity index is 712. The first-order valence-corrected chi connectivity index (χ1v) is 9.75. The van der Waals surface area contributed by atoms with Crippen LogP contribution in [0.25, 0.3) is 0 Å². The summed E-state index contributed by atoms with van der Waals surface area (Å²) in [4.78, 5) is 17.2. The molecule has 2 rings (SSSR count). The Labute approximate surface area is 149 Å². The van der Waals surface area contributed by atoms with Gasteiger partial charge in [0.15, 0.2) is 0 Å². The van der Waals surface area contributed by atoms with E-state index in [-0.39, 0.29) is 28.2 Å². The first kappa shape index (κ1) is 19.7. The van der Waals surface area contributed by atoms with Gasteiger partial charge < -0.3 is 10.1 Å². The monoisotopic (exact) mass is 370 g/mol. The first-order chi connectivity index (χ1) is 11.8. The summed E-state index contributed by atoms with van der Waals surface area (Å²) >= 11 is 0. The van der Waals surface area contributed by atoms with E-state index in [2.05, 4.69) is 12.2 Å². The lowest BCUT2D eigenvalue weighted by Gasteiger charge is -2.27. The number of carbonyl (C=O) groups is 1. The van der Waals surface area contributed by atoms with Crippen LogP contribution in [0.5, 0.6) is 5.75 Å². The highest BCUT2D eigenvalue weighted by atomic mass is 32.2. The van der Waals surface area contributed by atoms with Gasteiger partial charge in [-0.05, 0) is 49.8 Å². The van der Waals surface area contributed by atoms with Crippen molar-refractivity contribution in [3.05, 3.63) is 23.8 Å². The summed E-state index contributed by atoms with van der Waals surface area (Å²) in [5.41, 5.74) is 0.280. The van der Waals surface area contributed by atoms with Crippen molar-refractivity contribution in [3.63, 3.8) is 0 Å². The van der Waals surface area contributed by atoms with Crippen LogP contribution in [0, 0.1) is 5.92 Å². The topological polar surface area (TPSA) is 84.9 Å². The van der Waals surface area contributed by atoms with Gasteiger partial charge in [0.2, 0.25) is 0 Å². The molecule has 1 aromatic carbocycles. The van der Waals surface area contributed by atoms with E-state index in [1.165, 1.54) is 33.4 Å². The predicted molar refractivity (Wildman–Crippen MR) is 93.8 cm³/mol. The molecule has 0 aromatic heterocycles. The van der Waals surface area contributed by atoms with Crippen molar-refractivity contribution in [3.8, 4) is 5.75 Å². The highest BCUT2D eigenvalue weighted by Gasteiger charge is 2.27. The number of rotatable bonds is 6. The van der Waals surface area contributed by atoms with Crippen molar-refractivity contribution in [2.45, 2.75) is 43.5 Å². The van der Waals surface area contributed by atoms with E-state index in [4.69, 9.17) is 9.57 Å². The number of hydrogen-bond donors (Lipinski definition) is 1. The average Bonchev–Trinajstić information content (AvgIpc) is 2.62. The number of nitrogens with zero attached hydrogens (tertiary/aromatic N) is 1. The fraction of sp³-hybridized carbons (Fsp3) is 0.588. The number of carbonyl (C=O) groups excluding carboxylic acids is 1. The van der Waals surface area contributed by atoms with Crippen LogP contribution < -0.4 is 10.1 Å². The lowest BCUT2D eigenvalue weighted by molar-refractivity contribution is -0.0259. The van der Waals surface area contributed by atoms with Crippen LogP contribution >= 0.6 is 0 Å². The zero-order valence-electron chi connectivity index (χ0n) is 15.1.